The Hall–Kier alpha value is -0.750. The summed E-state index contributed by atoms with van der Waals surface area (Å²) in [5, 5.41) is 3.55. The van der Waals surface area contributed by atoms with Gasteiger partial charge in [-0.3, -0.25) is 9.80 Å². The normalized spacial score (nSPS) is 18.5. The van der Waals surface area contributed by atoms with Gasteiger partial charge in [0.1, 0.15) is 15.8 Å². The van der Waals surface area contributed by atoms with Crippen LogP contribution in [0.1, 0.15) is 26.6 Å². The molecular formula is C15H21ClN4S. The molecular weight excluding hydrogens is 304 g/mol. The van der Waals surface area contributed by atoms with Crippen LogP contribution in [0.15, 0.2) is 11.4 Å². The first-order valence-corrected chi connectivity index (χ1v) is 8.56. The van der Waals surface area contributed by atoms with Gasteiger partial charge >= 0.3 is 0 Å². The number of fused-ring (bicyclic) bond motifs is 1. The molecule has 3 heterocycles. The van der Waals surface area contributed by atoms with E-state index in [9.17, 15) is 0 Å². The summed E-state index contributed by atoms with van der Waals surface area (Å²) in [4.78, 5) is 15.0. The highest BCUT2D eigenvalue weighted by molar-refractivity contribution is 7.16. The minimum Gasteiger partial charge on any atom is -0.296 e. The van der Waals surface area contributed by atoms with E-state index in [0.717, 1.165) is 48.8 Å². The van der Waals surface area contributed by atoms with Crippen LogP contribution in [0.5, 0.6) is 0 Å². The van der Waals surface area contributed by atoms with Crippen LogP contribution < -0.4 is 0 Å². The molecule has 4 nitrogen and oxygen atoms in total. The number of piperazine rings is 1. The zero-order valence-corrected chi connectivity index (χ0v) is 14.3. The van der Waals surface area contributed by atoms with Crippen molar-refractivity contribution in [2.75, 3.05) is 26.2 Å². The molecule has 0 bridgehead atoms. The Morgan fingerprint density at radius 2 is 1.90 bits per heavy atom. The highest BCUT2D eigenvalue weighted by Crippen LogP contribution is 2.25. The zero-order valence-electron chi connectivity index (χ0n) is 12.8. The minimum absolute atomic E-state index is 0.252. The third kappa shape index (κ3) is 3.37. The third-order valence-corrected chi connectivity index (χ3v) is 5.11. The summed E-state index contributed by atoms with van der Waals surface area (Å²) < 4.78 is 0. The molecule has 3 rings (SSSR count). The van der Waals surface area contributed by atoms with Gasteiger partial charge in [-0.2, -0.15) is 0 Å². The lowest BCUT2D eigenvalue weighted by Crippen LogP contribution is -2.53. The Morgan fingerprint density at radius 3 is 2.57 bits per heavy atom. The maximum absolute atomic E-state index is 6.23. The van der Waals surface area contributed by atoms with Crippen molar-refractivity contribution in [1.29, 1.82) is 0 Å². The summed E-state index contributed by atoms with van der Waals surface area (Å²) in [5.41, 5.74) is 0.252. The first kappa shape index (κ1) is 15.2. The SMILES string of the molecule is CC(C)(C)N1CCN(Cc2nc(Cl)c3ccsc3n2)CC1. The van der Waals surface area contributed by atoms with Crippen molar-refractivity contribution < 1.29 is 0 Å². The molecule has 1 saturated heterocycles. The Labute approximate surface area is 134 Å². The second kappa shape index (κ2) is 5.80. The smallest absolute Gasteiger partial charge is 0.145 e. The Balaban J connectivity index is 1.67. The average molecular weight is 325 g/mol. The van der Waals surface area contributed by atoms with Gasteiger partial charge in [0.15, 0.2) is 0 Å². The van der Waals surface area contributed by atoms with Gasteiger partial charge in [-0.1, -0.05) is 11.6 Å². The summed E-state index contributed by atoms with van der Waals surface area (Å²) in [6.07, 6.45) is 0. The minimum atomic E-state index is 0.252. The van der Waals surface area contributed by atoms with E-state index in [2.05, 4.69) is 40.5 Å². The van der Waals surface area contributed by atoms with Crippen molar-refractivity contribution in [2.45, 2.75) is 32.9 Å². The van der Waals surface area contributed by atoms with Gasteiger partial charge in [-0.05, 0) is 32.2 Å². The molecule has 0 saturated carbocycles. The lowest BCUT2D eigenvalue weighted by molar-refractivity contribution is 0.0580. The number of hydrogen-bond donors (Lipinski definition) is 0. The van der Waals surface area contributed by atoms with Crippen molar-refractivity contribution in [3.63, 3.8) is 0 Å². The molecule has 0 unspecified atom stereocenters. The lowest BCUT2D eigenvalue weighted by Gasteiger charge is -2.42. The van der Waals surface area contributed by atoms with E-state index >= 15 is 0 Å². The van der Waals surface area contributed by atoms with Crippen LogP contribution in [0.25, 0.3) is 10.2 Å². The van der Waals surface area contributed by atoms with Gasteiger partial charge in [0, 0.05) is 37.1 Å². The molecule has 0 atom stereocenters. The van der Waals surface area contributed by atoms with Crippen molar-refractivity contribution in [2.24, 2.45) is 0 Å². The summed E-state index contributed by atoms with van der Waals surface area (Å²) in [7, 11) is 0. The molecule has 0 aliphatic carbocycles. The fourth-order valence-electron chi connectivity index (χ4n) is 2.71. The summed E-state index contributed by atoms with van der Waals surface area (Å²) in [6.45, 7) is 11.9. The van der Waals surface area contributed by atoms with Crippen molar-refractivity contribution >= 4 is 33.2 Å². The third-order valence-electron chi connectivity index (χ3n) is 4.01. The molecule has 1 aliphatic heterocycles. The quantitative estimate of drug-likeness (QED) is 0.794. The van der Waals surface area contributed by atoms with E-state index < -0.39 is 0 Å². The van der Waals surface area contributed by atoms with E-state index in [1.165, 1.54) is 0 Å². The Morgan fingerprint density at radius 1 is 1.19 bits per heavy atom. The van der Waals surface area contributed by atoms with E-state index in [0.29, 0.717) is 5.15 Å². The molecule has 6 heteroatoms. The first-order valence-electron chi connectivity index (χ1n) is 7.30. The number of hydrogen-bond acceptors (Lipinski definition) is 5. The fourth-order valence-corrected chi connectivity index (χ4v) is 3.80. The lowest BCUT2D eigenvalue weighted by atomic mass is 10.1. The number of nitrogens with zero attached hydrogens (tertiary/aromatic N) is 4. The van der Waals surface area contributed by atoms with Crippen LogP contribution >= 0.6 is 22.9 Å². The fraction of sp³-hybridized carbons (Fsp3) is 0.600. The molecule has 114 valence electrons. The highest BCUT2D eigenvalue weighted by atomic mass is 35.5. The Kier molecular flexibility index (Phi) is 4.19. The number of thiophene rings is 1. The predicted molar refractivity (Wildman–Crippen MR) is 89.0 cm³/mol. The predicted octanol–water partition coefficient (Wildman–Crippen LogP) is 3.26. The van der Waals surface area contributed by atoms with Crippen molar-refractivity contribution in [3.8, 4) is 0 Å². The molecule has 1 fully saturated rings. The molecule has 0 N–H and O–H groups in total. The average Bonchev–Trinajstić information content (AvgIpc) is 2.87. The standard InChI is InChI=1S/C15H21ClN4S/c1-15(2,3)20-7-5-19(6-8-20)10-12-17-13(16)11-4-9-21-14(11)18-12/h4,9H,5-8,10H2,1-3H3. The van der Waals surface area contributed by atoms with E-state index in [4.69, 9.17) is 11.6 Å². The molecule has 21 heavy (non-hydrogen) atoms. The van der Waals surface area contributed by atoms with E-state index in [-0.39, 0.29) is 5.54 Å². The van der Waals surface area contributed by atoms with Gasteiger partial charge in [-0.15, -0.1) is 11.3 Å². The van der Waals surface area contributed by atoms with Crippen LogP contribution in [0.3, 0.4) is 0 Å². The monoisotopic (exact) mass is 324 g/mol. The number of aromatic nitrogens is 2. The highest BCUT2D eigenvalue weighted by Gasteiger charge is 2.26. The van der Waals surface area contributed by atoms with Crippen LogP contribution in [-0.2, 0) is 6.54 Å². The Bertz CT molecular complexity index is 626. The maximum atomic E-state index is 6.23. The molecule has 2 aromatic rings. The molecule has 0 aromatic carbocycles. The largest absolute Gasteiger partial charge is 0.296 e. The zero-order chi connectivity index (χ0) is 15.0. The number of rotatable bonds is 2. The molecule has 0 spiro atoms. The van der Waals surface area contributed by atoms with Gasteiger partial charge in [0.2, 0.25) is 0 Å². The molecule has 0 amide bonds. The topological polar surface area (TPSA) is 32.3 Å². The van der Waals surface area contributed by atoms with Crippen molar-refractivity contribution in [1.82, 2.24) is 19.8 Å². The van der Waals surface area contributed by atoms with Crippen LogP contribution in [0, 0.1) is 0 Å². The molecule has 1 aliphatic rings. The maximum Gasteiger partial charge on any atom is 0.145 e. The van der Waals surface area contributed by atoms with E-state index in [1.807, 2.05) is 11.4 Å². The molecule has 0 radical (unpaired) electrons. The first-order chi connectivity index (χ1) is 9.93. The van der Waals surface area contributed by atoms with Crippen LogP contribution in [-0.4, -0.2) is 51.5 Å². The summed E-state index contributed by atoms with van der Waals surface area (Å²) in [6, 6.07) is 1.98. The van der Waals surface area contributed by atoms with Crippen LogP contribution in [0.4, 0.5) is 0 Å². The summed E-state index contributed by atoms with van der Waals surface area (Å²) in [5.74, 6) is 0.833. The second-order valence-electron chi connectivity index (χ2n) is 6.50. The second-order valence-corrected chi connectivity index (χ2v) is 7.76. The summed E-state index contributed by atoms with van der Waals surface area (Å²) >= 11 is 7.85. The van der Waals surface area contributed by atoms with Gasteiger partial charge in [0.05, 0.1) is 6.54 Å². The van der Waals surface area contributed by atoms with E-state index in [1.54, 1.807) is 11.3 Å². The van der Waals surface area contributed by atoms with Crippen LogP contribution in [0.2, 0.25) is 5.15 Å². The van der Waals surface area contributed by atoms with Gasteiger partial charge in [0.25, 0.3) is 0 Å². The van der Waals surface area contributed by atoms with Gasteiger partial charge in [-0.25, -0.2) is 9.97 Å². The van der Waals surface area contributed by atoms with Crippen molar-refractivity contribution in [3.05, 3.63) is 22.4 Å². The van der Waals surface area contributed by atoms with Gasteiger partial charge < -0.3 is 0 Å². The number of halogens is 1. The molecule has 2 aromatic heterocycles.